The molecule has 0 unspecified atom stereocenters. The second-order valence-electron chi connectivity index (χ2n) is 9.13. The Morgan fingerprint density at radius 2 is 1.78 bits per heavy atom. The van der Waals surface area contributed by atoms with Crippen molar-refractivity contribution in [2.75, 3.05) is 6.61 Å². The maximum atomic E-state index is 13.5. The van der Waals surface area contributed by atoms with Gasteiger partial charge in [-0.05, 0) is 35.4 Å². The summed E-state index contributed by atoms with van der Waals surface area (Å²) in [6, 6.07) is 13.2. The van der Waals surface area contributed by atoms with Crippen LogP contribution in [-0.2, 0) is 0 Å². The molecular weight excluding hydrogens is 474 g/mol. The lowest BCUT2D eigenvalue weighted by molar-refractivity contribution is 0.0702. The molecule has 7 heteroatoms. The van der Waals surface area contributed by atoms with Crippen LogP contribution in [0.4, 0.5) is 0 Å². The van der Waals surface area contributed by atoms with Crippen LogP contribution < -0.4 is 0 Å². The van der Waals surface area contributed by atoms with Gasteiger partial charge in [-0.15, -0.1) is 11.3 Å². The number of carbonyl (C=O) groups is 2. The molecule has 0 amide bonds. The summed E-state index contributed by atoms with van der Waals surface area (Å²) in [4.78, 5) is 28.7. The van der Waals surface area contributed by atoms with E-state index in [1.165, 1.54) is 24.8 Å². The van der Waals surface area contributed by atoms with Gasteiger partial charge in [0.1, 0.15) is 15.5 Å². The number of benzene rings is 2. The SMILES string of the molecule is O=C(O)c1sc(C(=O)c2c[nH]c3c(C=CCO)cccc23)c(O)c1-c1ccc(C2CCCCC2)cc1. The van der Waals surface area contributed by atoms with E-state index in [4.69, 9.17) is 5.11 Å². The van der Waals surface area contributed by atoms with Crippen molar-refractivity contribution in [2.24, 2.45) is 0 Å². The molecule has 0 radical (unpaired) electrons. The van der Waals surface area contributed by atoms with Crippen molar-refractivity contribution in [3.05, 3.63) is 81.2 Å². The number of thiophene rings is 1. The van der Waals surface area contributed by atoms with Crippen molar-refractivity contribution in [3.8, 4) is 16.9 Å². The van der Waals surface area contributed by atoms with E-state index in [0.29, 0.717) is 22.4 Å². The Bertz CT molecular complexity index is 1460. The Morgan fingerprint density at radius 1 is 1.03 bits per heavy atom. The van der Waals surface area contributed by atoms with Gasteiger partial charge in [0.25, 0.3) is 0 Å². The number of aromatic nitrogens is 1. The highest BCUT2D eigenvalue weighted by molar-refractivity contribution is 7.17. The number of nitrogens with one attached hydrogen (secondary N) is 1. The third-order valence-electron chi connectivity index (χ3n) is 6.95. The number of rotatable bonds is 7. The number of carboxylic acids is 1. The summed E-state index contributed by atoms with van der Waals surface area (Å²) >= 11 is 0.794. The van der Waals surface area contributed by atoms with Crippen molar-refractivity contribution in [1.29, 1.82) is 0 Å². The van der Waals surface area contributed by atoms with Crippen molar-refractivity contribution in [1.82, 2.24) is 4.98 Å². The minimum Gasteiger partial charge on any atom is -0.506 e. The van der Waals surface area contributed by atoms with Crippen LogP contribution in [0.1, 0.15) is 74.1 Å². The topological polar surface area (TPSA) is 111 Å². The van der Waals surface area contributed by atoms with Crippen LogP contribution >= 0.6 is 11.3 Å². The Kier molecular flexibility index (Phi) is 6.76. The van der Waals surface area contributed by atoms with E-state index in [0.717, 1.165) is 35.3 Å². The molecule has 4 N–H and O–H groups in total. The zero-order valence-corrected chi connectivity index (χ0v) is 20.5. The van der Waals surface area contributed by atoms with Gasteiger partial charge >= 0.3 is 5.97 Å². The van der Waals surface area contributed by atoms with Gasteiger partial charge in [-0.1, -0.05) is 73.9 Å². The van der Waals surface area contributed by atoms with Crippen molar-refractivity contribution in [2.45, 2.75) is 38.0 Å². The molecule has 5 rings (SSSR count). The lowest BCUT2D eigenvalue weighted by Crippen LogP contribution is -2.04. The van der Waals surface area contributed by atoms with Crippen LogP contribution in [0.15, 0.2) is 54.7 Å². The van der Waals surface area contributed by atoms with Crippen LogP contribution in [0.5, 0.6) is 5.75 Å². The maximum Gasteiger partial charge on any atom is 0.346 e. The molecule has 0 atom stereocenters. The van der Waals surface area contributed by atoms with E-state index in [1.807, 2.05) is 30.3 Å². The molecule has 2 heterocycles. The van der Waals surface area contributed by atoms with Gasteiger partial charge in [0, 0.05) is 22.7 Å². The normalized spacial score (nSPS) is 14.6. The summed E-state index contributed by atoms with van der Waals surface area (Å²) in [7, 11) is 0. The van der Waals surface area contributed by atoms with Gasteiger partial charge in [0.2, 0.25) is 5.78 Å². The van der Waals surface area contributed by atoms with Crippen LogP contribution in [0.25, 0.3) is 28.1 Å². The van der Waals surface area contributed by atoms with Crippen molar-refractivity contribution >= 4 is 40.1 Å². The fraction of sp³-hybridized carbons (Fsp3) is 0.241. The molecule has 1 aliphatic rings. The van der Waals surface area contributed by atoms with Gasteiger partial charge < -0.3 is 20.3 Å². The Morgan fingerprint density at radius 3 is 2.47 bits per heavy atom. The second-order valence-corrected chi connectivity index (χ2v) is 10.2. The number of hydrogen-bond donors (Lipinski definition) is 4. The van der Waals surface area contributed by atoms with E-state index < -0.39 is 11.8 Å². The summed E-state index contributed by atoms with van der Waals surface area (Å²) in [5.41, 5.74) is 3.86. The van der Waals surface area contributed by atoms with Gasteiger partial charge in [0.05, 0.1) is 12.1 Å². The molecule has 0 aliphatic heterocycles. The zero-order chi connectivity index (χ0) is 25.2. The highest BCUT2D eigenvalue weighted by atomic mass is 32.1. The van der Waals surface area contributed by atoms with Gasteiger partial charge in [0.15, 0.2) is 0 Å². The van der Waals surface area contributed by atoms with Crippen LogP contribution in [0.2, 0.25) is 0 Å². The number of para-hydroxylation sites is 1. The minimum atomic E-state index is -1.18. The summed E-state index contributed by atoms with van der Waals surface area (Å²) < 4.78 is 0. The van der Waals surface area contributed by atoms with Crippen molar-refractivity contribution in [3.63, 3.8) is 0 Å². The van der Waals surface area contributed by atoms with E-state index >= 15 is 0 Å². The second kappa shape index (κ2) is 10.1. The number of aromatic hydroxyl groups is 1. The molecular formula is C29H27NO5S. The molecule has 1 fully saturated rings. The average Bonchev–Trinajstić information content (AvgIpc) is 3.49. The predicted octanol–water partition coefficient (Wildman–Crippen LogP) is 6.58. The van der Waals surface area contributed by atoms with Crippen LogP contribution in [0, 0.1) is 0 Å². The molecule has 0 spiro atoms. The predicted molar refractivity (Wildman–Crippen MR) is 142 cm³/mol. The molecule has 2 aromatic heterocycles. The Balaban J connectivity index is 1.53. The van der Waals surface area contributed by atoms with E-state index in [1.54, 1.807) is 30.5 Å². The Hall–Kier alpha value is -3.68. The molecule has 0 saturated heterocycles. The lowest BCUT2D eigenvalue weighted by atomic mass is 9.83. The first kappa shape index (κ1) is 24.0. The number of hydrogen-bond acceptors (Lipinski definition) is 5. The van der Waals surface area contributed by atoms with Gasteiger partial charge in [-0.3, -0.25) is 4.79 Å². The summed E-state index contributed by atoms with van der Waals surface area (Å²) in [6.07, 6.45) is 11.0. The highest BCUT2D eigenvalue weighted by Crippen LogP contribution is 2.44. The lowest BCUT2D eigenvalue weighted by Gasteiger charge is -2.22. The third-order valence-corrected chi connectivity index (χ3v) is 8.12. The largest absolute Gasteiger partial charge is 0.506 e. The van der Waals surface area contributed by atoms with Gasteiger partial charge in [-0.2, -0.15) is 0 Å². The number of aromatic carboxylic acids is 1. The number of carbonyl (C=O) groups excluding carboxylic acids is 1. The Labute approximate surface area is 212 Å². The standard InChI is InChI=1S/C29H27NO5S/c31-15-5-9-20-8-4-10-21-22(16-30-24(20)21)25(32)28-26(33)23(27(36-28)29(34)35)19-13-11-18(12-14-19)17-6-2-1-3-7-17/h4-5,8-14,16-17,30-31,33H,1-3,6-7,15H2,(H,34,35). The maximum absolute atomic E-state index is 13.5. The molecule has 0 bridgehead atoms. The fourth-order valence-corrected chi connectivity index (χ4v) is 6.17. The van der Waals surface area contributed by atoms with E-state index in [2.05, 4.69) is 4.98 Å². The van der Waals surface area contributed by atoms with E-state index in [9.17, 15) is 19.8 Å². The summed E-state index contributed by atoms with van der Waals surface area (Å²) in [5, 5.41) is 30.8. The molecule has 1 aliphatic carbocycles. The molecule has 1 saturated carbocycles. The first-order chi connectivity index (χ1) is 17.5. The minimum absolute atomic E-state index is 0.00374. The molecule has 2 aromatic carbocycles. The van der Waals surface area contributed by atoms with Crippen LogP contribution in [-0.4, -0.2) is 38.7 Å². The number of ketones is 1. The number of fused-ring (bicyclic) bond motifs is 1. The third kappa shape index (κ3) is 4.36. The first-order valence-electron chi connectivity index (χ1n) is 12.1. The molecule has 4 aromatic rings. The van der Waals surface area contributed by atoms with Gasteiger partial charge in [-0.25, -0.2) is 4.79 Å². The van der Waals surface area contributed by atoms with E-state index in [-0.39, 0.29) is 27.7 Å². The first-order valence-corrected chi connectivity index (χ1v) is 12.9. The summed E-state index contributed by atoms with van der Waals surface area (Å²) in [5.74, 6) is -1.42. The number of aliphatic hydroxyl groups is 1. The van der Waals surface area contributed by atoms with Crippen LogP contribution in [0.3, 0.4) is 0 Å². The monoisotopic (exact) mass is 501 g/mol. The molecule has 6 nitrogen and oxygen atoms in total. The summed E-state index contributed by atoms with van der Waals surface area (Å²) in [6.45, 7) is -0.103. The number of carboxylic acid groups (broad SMARTS) is 1. The number of H-pyrrole nitrogens is 1. The van der Waals surface area contributed by atoms with Crippen molar-refractivity contribution < 1.29 is 24.9 Å². The quantitative estimate of drug-likeness (QED) is 0.214. The average molecular weight is 502 g/mol. The molecule has 36 heavy (non-hydrogen) atoms. The smallest absolute Gasteiger partial charge is 0.346 e. The number of aliphatic hydroxyl groups excluding tert-OH is 1. The fourth-order valence-electron chi connectivity index (χ4n) is 5.16. The highest BCUT2D eigenvalue weighted by Gasteiger charge is 2.29. The zero-order valence-electron chi connectivity index (χ0n) is 19.7. The number of aromatic amines is 1. The molecule has 184 valence electrons.